The summed E-state index contributed by atoms with van der Waals surface area (Å²) in [5.74, 6) is 1.21. The molecule has 0 radical (unpaired) electrons. The Kier molecular flexibility index (Phi) is 4.77. The van der Waals surface area contributed by atoms with E-state index in [1.54, 1.807) is 18.8 Å². The summed E-state index contributed by atoms with van der Waals surface area (Å²) in [7, 11) is 3.81. The second kappa shape index (κ2) is 6.99. The smallest absolute Gasteiger partial charge is 0.239 e. The third-order valence-corrected chi connectivity index (χ3v) is 7.49. The van der Waals surface area contributed by atoms with Crippen LogP contribution in [0.2, 0.25) is 5.82 Å². The summed E-state index contributed by atoms with van der Waals surface area (Å²) in [6, 6.07) is 7.78. The fourth-order valence-electron chi connectivity index (χ4n) is 4.30. The molecule has 6 nitrogen and oxygen atoms in total. The number of thioether (sulfide) groups is 1. The van der Waals surface area contributed by atoms with Crippen molar-refractivity contribution in [3.8, 4) is 0 Å². The summed E-state index contributed by atoms with van der Waals surface area (Å²) < 4.78 is 0. The highest BCUT2D eigenvalue weighted by atomic mass is 32.2. The van der Waals surface area contributed by atoms with Gasteiger partial charge in [0.1, 0.15) is 7.85 Å². The quantitative estimate of drug-likeness (QED) is 0.763. The average Bonchev–Trinajstić information content (AvgIpc) is 3.29. The van der Waals surface area contributed by atoms with Crippen LogP contribution < -0.4 is 10.2 Å². The van der Waals surface area contributed by atoms with Crippen molar-refractivity contribution in [1.82, 2.24) is 10.2 Å². The van der Waals surface area contributed by atoms with Crippen molar-refractivity contribution in [2.75, 3.05) is 24.2 Å². The van der Waals surface area contributed by atoms with E-state index >= 15 is 0 Å². The van der Waals surface area contributed by atoms with Crippen molar-refractivity contribution < 1.29 is 9.59 Å². The molecule has 3 atom stereocenters. The van der Waals surface area contributed by atoms with Gasteiger partial charge in [0.05, 0.1) is 11.5 Å². The zero-order chi connectivity index (χ0) is 20.1. The van der Waals surface area contributed by atoms with E-state index in [9.17, 15) is 9.59 Å². The molecule has 2 N–H and O–H groups in total. The van der Waals surface area contributed by atoms with Gasteiger partial charge in [0.2, 0.25) is 11.8 Å². The lowest BCUT2D eigenvalue weighted by molar-refractivity contribution is -0.130. The van der Waals surface area contributed by atoms with E-state index in [4.69, 9.17) is 5.41 Å². The van der Waals surface area contributed by atoms with Gasteiger partial charge in [0.25, 0.3) is 0 Å². The number of nitrogens with one attached hydrogen (secondary N) is 2. The first-order valence-corrected chi connectivity index (χ1v) is 10.7. The maximum atomic E-state index is 13.2. The van der Waals surface area contributed by atoms with E-state index in [1.807, 2.05) is 36.1 Å². The van der Waals surface area contributed by atoms with Gasteiger partial charge in [-0.1, -0.05) is 18.2 Å². The number of likely N-dealkylation sites (N-methyl/N-ethyl adjacent to an activating group) is 1. The number of guanidine groups is 1. The average molecular weight is 396 g/mol. The van der Waals surface area contributed by atoms with Gasteiger partial charge in [0.15, 0.2) is 5.96 Å². The summed E-state index contributed by atoms with van der Waals surface area (Å²) in [5, 5.41) is 11.5. The van der Waals surface area contributed by atoms with Crippen molar-refractivity contribution in [1.29, 1.82) is 5.41 Å². The molecule has 3 aliphatic heterocycles. The molecular formula is C20H25BN4O2S. The number of nitrogens with zero attached hydrogens (tertiary/aromatic N) is 2. The normalized spacial score (nSPS) is 30.6. The van der Waals surface area contributed by atoms with Crippen LogP contribution in [0.4, 0.5) is 5.69 Å². The fraction of sp³-hybridized carbons (Fsp3) is 0.450. The molecule has 8 heteroatoms. The molecule has 2 fully saturated rings. The number of amides is 2. The van der Waals surface area contributed by atoms with Gasteiger partial charge in [-0.05, 0) is 42.6 Å². The minimum absolute atomic E-state index is 0.0858. The highest BCUT2D eigenvalue weighted by molar-refractivity contribution is 8.03. The topological polar surface area (TPSA) is 76.5 Å². The molecule has 0 spiro atoms. The fourth-order valence-corrected chi connectivity index (χ4v) is 5.64. The lowest BCUT2D eigenvalue weighted by atomic mass is 9.76. The van der Waals surface area contributed by atoms with Crippen molar-refractivity contribution in [3.63, 3.8) is 0 Å². The molecule has 146 valence electrons. The molecule has 0 aliphatic carbocycles. The van der Waals surface area contributed by atoms with Crippen LogP contribution in [0.1, 0.15) is 31.2 Å². The molecule has 0 bridgehead atoms. The van der Waals surface area contributed by atoms with E-state index in [-0.39, 0.29) is 17.8 Å². The monoisotopic (exact) mass is 396 g/mol. The van der Waals surface area contributed by atoms with E-state index in [0.717, 1.165) is 34.9 Å². The first-order valence-electron chi connectivity index (χ1n) is 9.71. The first-order chi connectivity index (χ1) is 13.3. The molecular weight excluding hydrogens is 371 g/mol. The Hall–Kier alpha value is -2.22. The Morgan fingerprint density at radius 3 is 2.57 bits per heavy atom. The van der Waals surface area contributed by atoms with E-state index in [2.05, 4.69) is 19.2 Å². The Balaban J connectivity index is 1.71. The molecule has 1 aromatic rings. The highest BCUT2D eigenvalue weighted by Gasteiger charge is 2.50. The summed E-state index contributed by atoms with van der Waals surface area (Å²) in [5.41, 5.74) is 1.13. The number of rotatable bonds is 3. The summed E-state index contributed by atoms with van der Waals surface area (Å²) in [6.45, 7) is 2.77. The third kappa shape index (κ3) is 3.04. The Bertz CT molecular complexity index is 871. The Morgan fingerprint density at radius 2 is 2.00 bits per heavy atom. The van der Waals surface area contributed by atoms with Crippen LogP contribution in [-0.4, -0.2) is 55.4 Å². The number of hydrogen-bond acceptors (Lipinski definition) is 4. The van der Waals surface area contributed by atoms with Crippen molar-refractivity contribution in [2.45, 2.75) is 37.0 Å². The van der Waals surface area contributed by atoms with Gasteiger partial charge in [-0.25, -0.2) is 0 Å². The molecule has 3 aliphatic rings. The number of carbonyl (C=O) groups excluding carboxylic acids is 2. The second-order valence-electron chi connectivity index (χ2n) is 8.07. The first kappa shape index (κ1) is 19.1. The number of allylic oxidation sites excluding steroid dienone is 1. The van der Waals surface area contributed by atoms with Crippen molar-refractivity contribution in [3.05, 3.63) is 40.8 Å². The maximum absolute atomic E-state index is 13.2. The highest BCUT2D eigenvalue weighted by Crippen LogP contribution is 2.47. The van der Waals surface area contributed by atoms with Gasteiger partial charge in [0, 0.05) is 30.6 Å². The van der Waals surface area contributed by atoms with Crippen molar-refractivity contribution >= 4 is 43.1 Å². The third-order valence-electron chi connectivity index (χ3n) is 5.93. The largest absolute Gasteiger partial charge is 0.345 e. The summed E-state index contributed by atoms with van der Waals surface area (Å²) in [6.07, 6.45) is 3.70. The van der Waals surface area contributed by atoms with Gasteiger partial charge in [-0.3, -0.25) is 19.9 Å². The molecule has 1 aromatic carbocycles. The minimum atomic E-state index is -0.652. The van der Waals surface area contributed by atoms with E-state index in [0.29, 0.717) is 12.2 Å². The van der Waals surface area contributed by atoms with Gasteiger partial charge >= 0.3 is 0 Å². The van der Waals surface area contributed by atoms with Crippen molar-refractivity contribution in [2.24, 2.45) is 0 Å². The van der Waals surface area contributed by atoms with Gasteiger partial charge in [-0.15, -0.1) is 11.8 Å². The molecule has 0 saturated carbocycles. The van der Waals surface area contributed by atoms with E-state index < -0.39 is 11.5 Å². The Labute approximate surface area is 170 Å². The number of hydrogen-bond donors (Lipinski definition) is 2. The molecule has 2 saturated heterocycles. The molecule has 3 heterocycles. The van der Waals surface area contributed by atoms with Crippen LogP contribution in [0.5, 0.6) is 0 Å². The van der Waals surface area contributed by atoms with Crippen LogP contribution in [0, 0.1) is 5.41 Å². The molecule has 2 amide bonds. The summed E-state index contributed by atoms with van der Waals surface area (Å²) >= 11 is 1.76. The van der Waals surface area contributed by atoms with Crippen LogP contribution >= 0.6 is 11.8 Å². The molecule has 4 rings (SSSR count). The van der Waals surface area contributed by atoms with Crippen LogP contribution in [0.25, 0.3) is 0 Å². The predicted molar refractivity (Wildman–Crippen MR) is 116 cm³/mol. The Morgan fingerprint density at radius 1 is 1.29 bits per heavy atom. The lowest BCUT2D eigenvalue weighted by Gasteiger charge is -2.46. The van der Waals surface area contributed by atoms with Crippen LogP contribution in [0.3, 0.4) is 0 Å². The standard InChI is InChI=1S/C20H25BN4O2S/c1-20(15-10-13(21)11-28-15)17(18(27)24(2)19(22)23-20)12-5-7-14(8-6-12)25-9-3-4-16(25)26/h5-8,10,13,17H,3-4,9,11,21H2,1-2H3,(H2,22,23)/t13?,17?,20-/m1/s1. The number of anilines is 1. The zero-order valence-corrected chi connectivity index (χ0v) is 17.3. The minimum Gasteiger partial charge on any atom is -0.345 e. The van der Waals surface area contributed by atoms with Crippen LogP contribution in [0.15, 0.2) is 35.2 Å². The number of benzene rings is 1. The predicted octanol–water partition coefficient (Wildman–Crippen LogP) is 1.70. The molecule has 28 heavy (non-hydrogen) atoms. The zero-order valence-electron chi connectivity index (χ0n) is 16.5. The van der Waals surface area contributed by atoms with Crippen LogP contribution in [-0.2, 0) is 9.59 Å². The second-order valence-corrected chi connectivity index (χ2v) is 9.13. The maximum Gasteiger partial charge on any atom is 0.239 e. The van der Waals surface area contributed by atoms with Gasteiger partial charge < -0.3 is 10.2 Å². The summed E-state index contributed by atoms with van der Waals surface area (Å²) in [4.78, 5) is 29.6. The van der Waals surface area contributed by atoms with E-state index in [1.165, 1.54) is 4.90 Å². The SMILES string of the molecule is BC1C=C([C@@]2(C)NC(=N)N(C)C(=O)C2c2ccc(N3CCCC3=O)cc2)SC1. The number of carbonyl (C=O) groups is 2. The molecule has 2 unspecified atom stereocenters. The lowest BCUT2D eigenvalue weighted by Crippen LogP contribution is -2.64. The van der Waals surface area contributed by atoms with Gasteiger partial charge in [-0.2, -0.15) is 0 Å². The molecule has 0 aromatic heterocycles.